The van der Waals surface area contributed by atoms with E-state index >= 15 is 0 Å². The number of fused-ring (bicyclic) bond motifs is 1. The highest BCUT2D eigenvalue weighted by atomic mass is 32.2. The normalized spacial score (nSPS) is 19.0. The van der Waals surface area contributed by atoms with Crippen molar-refractivity contribution < 1.29 is 13.2 Å². The second-order valence-electron chi connectivity index (χ2n) is 5.96. The minimum atomic E-state index is -3.37. The zero-order valence-corrected chi connectivity index (χ0v) is 15.2. The van der Waals surface area contributed by atoms with E-state index in [9.17, 15) is 13.2 Å². The van der Waals surface area contributed by atoms with Gasteiger partial charge in [0.15, 0.2) is 0 Å². The predicted octanol–water partition coefficient (Wildman–Crippen LogP) is 2.83. The molecule has 130 valence electrons. The number of thiazole rings is 1. The van der Waals surface area contributed by atoms with Crippen LogP contribution < -0.4 is 5.32 Å². The lowest BCUT2D eigenvalue weighted by atomic mass is 10.2. The van der Waals surface area contributed by atoms with Gasteiger partial charge in [0, 0.05) is 12.2 Å². The van der Waals surface area contributed by atoms with Gasteiger partial charge >= 0.3 is 0 Å². The molecule has 1 atom stereocenters. The average molecular weight is 367 g/mol. The Morgan fingerprint density at radius 2 is 2.29 bits per heavy atom. The maximum atomic E-state index is 12.6. The molecule has 0 unspecified atom stereocenters. The molecule has 1 saturated heterocycles. The van der Waals surface area contributed by atoms with Crippen LogP contribution in [0.15, 0.2) is 23.7 Å². The first-order valence-corrected chi connectivity index (χ1v) is 10.6. The molecule has 0 radical (unpaired) electrons. The van der Waals surface area contributed by atoms with Gasteiger partial charge < -0.3 is 5.32 Å². The van der Waals surface area contributed by atoms with Gasteiger partial charge in [0.1, 0.15) is 6.04 Å². The number of amides is 1. The summed E-state index contributed by atoms with van der Waals surface area (Å²) in [4.78, 5) is 16.8. The quantitative estimate of drug-likeness (QED) is 0.851. The average Bonchev–Trinajstić information content (AvgIpc) is 3.21. The summed E-state index contributed by atoms with van der Waals surface area (Å²) in [7, 11) is -3.37. The molecule has 0 saturated carbocycles. The van der Waals surface area contributed by atoms with Crippen LogP contribution in [0.4, 0.5) is 5.69 Å². The molecule has 0 spiro atoms. The summed E-state index contributed by atoms with van der Waals surface area (Å²) in [6, 6.07) is 4.91. The van der Waals surface area contributed by atoms with Crippen molar-refractivity contribution in [3.8, 4) is 0 Å². The van der Waals surface area contributed by atoms with E-state index in [0.29, 0.717) is 25.1 Å². The first-order chi connectivity index (χ1) is 11.5. The number of benzene rings is 1. The molecule has 0 aliphatic carbocycles. The lowest BCUT2D eigenvalue weighted by Crippen LogP contribution is -2.44. The van der Waals surface area contributed by atoms with E-state index in [1.807, 2.05) is 19.1 Å². The smallest absolute Gasteiger partial charge is 0.242 e. The highest BCUT2D eigenvalue weighted by molar-refractivity contribution is 7.89. The molecule has 1 amide bonds. The Labute approximate surface area is 145 Å². The largest absolute Gasteiger partial charge is 0.325 e. The Morgan fingerprint density at radius 3 is 3.08 bits per heavy atom. The van der Waals surface area contributed by atoms with Crippen molar-refractivity contribution in [1.29, 1.82) is 0 Å². The second-order valence-corrected chi connectivity index (χ2v) is 8.89. The molecule has 24 heavy (non-hydrogen) atoms. The van der Waals surface area contributed by atoms with Gasteiger partial charge in [-0.1, -0.05) is 13.3 Å². The number of unbranched alkanes of at least 4 members (excludes halogenated alkanes) is 1. The van der Waals surface area contributed by atoms with Gasteiger partial charge in [-0.2, -0.15) is 4.31 Å². The summed E-state index contributed by atoms with van der Waals surface area (Å²) in [6.07, 6.45) is 2.73. The van der Waals surface area contributed by atoms with E-state index in [1.54, 1.807) is 11.6 Å². The van der Waals surface area contributed by atoms with Gasteiger partial charge in [0.05, 0.1) is 21.5 Å². The zero-order valence-electron chi connectivity index (χ0n) is 13.6. The number of aromatic nitrogens is 1. The number of hydrogen-bond acceptors (Lipinski definition) is 5. The molecule has 1 fully saturated rings. The molecular weight excluding hydrogens is 346 g/mol. The van der Waals surface area contributed by atoms with E-state index in [4.69, 9.17) is 0 Å². The number of anilines is 1. The topological polar surface area (TPSA) is 79.4 Å². The number of nitrogens with one attached hydrogen (secondary N) is 1. The highest BCUT2D eigenvalue weighted by Gasteiger charge is 2.38. The fraction of sp³-hybridized carbons (Fsp3) is 0.500. The molecule has 1 N–H and O–H groups in total. The van der Waals surface area contributed by atoms with Crippen molar-refractivity contribution in [2.75, 3.05) is 17.6 Å². The first-order valence-electron chi connectivity index (χ1n) is 8.15. The Bertz CT molecular complexity index is 832. The van der Waals surface area contributed by atoms with Crippen LogP contribution in [0.2, 0.25) is 0 Å². The third kappa shape index (κ3) is 3.60. The van der Waals surface area contributed by atoms with Crippen molar-refractivity contribution in [2.45, 2.75) is 38.6 Å². The number of sulfonamides is 1. The van der Waals surface area contributed by atoms with E-state index < -0.39 is 16.1 Å². The van der Waals surface area contributed by atoms with E-state index in [2.05, 4.69) is 10.3 Å². The van der Waals surface area contributed by atoms with E-state index in [0.717, 1.165) is 23.1 Å². The third-order valence-electron chi connectivity index (χ3n) is 4.22. The zero-order chi connectivity index (χ0) is 17.2. The van der Waals surface area contributed by atoms with Crippen LogP contribution >= 0.6 is 11.3 Å². The molecule has 1 aliphatic heterocycles. The summed E-state index contributed by atoms with van der Waals surface area (Å²) in [5.41, 5.74) is 3.33. The standard InChI is InChI=1S/C16H21N3O3S2/c1-2-3-9-24(21,22)19-8-4-5-14(19)16(20)18-12-6-7-13-15(10-12)23-11-17-13/h6-7,10-11,14H,2-5,8-9H2,1H3,(H,18,20)/t14-/m0/s1. The fourth-order valence-corrected chi connectivity index (χ4v) is 5.54. The minimum absolute atomic E-state index is 0.111. The fourth-order valence-electron chi connectivity index (χ4n) is 2.94. The molecular formula is C16H21N3O3S2. The van der Waals surface area contributed by atoms with Crippen LogP contribution in [0.25, 0.3) is 10.2 Å². The van der Waals surface area contributed by atoms with E-state index in [1.165, 1.54) is 15.6 Å². The van der Waals surface area contributed by atoms with Gasteiger partial charge in [-0.05, 0) is 37.5 Å². The van der Waals surface area contributed by atoms with Crippen LogP contribution in [-0.2, 0) is 14.8 Å². The molecule has 8 heteroatoms. The first kappa shape index (κ1) is 17.3. The van der Waals surface area contributed by atoms with Gasteiger partial charge in [0.2, 0.25) is 15.9 Å². The van der Waals surface area contributed by atoms with Crippen molar-refractivity contribution in [3.63, 3.8) is 0 Å². The van der Waals surface area contributed by atoms with Gasteiger partial charge in [-0.15, -0.1) is 11.3 Å². The number of hydrogen-bond donors (Lipinski definition) is 1. The number of carbonyl (C=O) groups is 1. The van der Waals surface area contributed by atoms with Crippen molar-refractivity contribution in [2.24, 2.45) is 0 Å². The summed E-state index contributed by atoms with van der Waals surface area (Å²) >= 11 is 1.51. The van der Waals surface area contributed by atoms with Crippen LogP contribution in [0, 0.1) is 0 Å². The van der Waals surface area contributed by atoms with Crippen LogP contribution in [0.3, 0.4) is 0 Å². The molecule has 1 aliphatic rings. The predicted molar refractivity (Wildman–Crippen MR) is 96.7 cm³/mol. The third-order valence-corrected chi connectivity index (χ3v) is 6.97. The summed E-state index contributed by atoms with van der Waals surface area (Å²) in [6.45, 7) is 2.39. The molecule has 2 heterocycles. The lowest BCUT2D eigenvalue weighted by molar-refractivity contribution is -0.119. The molecule has 3 rings (SSSR count). The summed E-state index contributed by atoms with van der Waals surface area (Å²) < 4.78 is 27.2. The van der Waals surface area contributed by atoms with Gasteiger partial charge in [0.25, 0.3) is 0 Å². The Kier molecular flexibility index (Phi) is 5.17. The van der Waals surface area contributed by atoms with Crippen molar-refractivity contribution >= 4 is 43.2 Å². The van der Waals surface area contributed by atoms with Gasteiger partial charge in [-0.3, -0.25) is 4.79 Å². The highest BCUT2D eigenvalue weighted by Crippen LogP contribution is 2.25. The van der Waals surface area contributed by atoms with Crippen LogP contribution in [0.1, 0.15) is 32.6 Å². The summed E-state index contributed by atoms with van der Waals surface area (Å²) in [5, 5.41) is 2.86. The number of nitrogens with zero attached hydrogens (tertiary/aromatic N) is 2. The van der Waals surface area contributed by atoms with E-state index in [-0.39, 0.29) is 11.7 Å². The number of carbonyl (C=O) groups excluding carboxylic acids is 1. The van der Waals surface area contributed by atoms with Crippen LogP contribution in [0.5, 0.6) is 0 Å². The minimum Gasteiger partial charge on any atom is -0.325 e. The Hall–Kier alpha value is -1.51. The molecule has 6 nitrogen and oxygen atoms in total. The Balaban J connectivity index is 1.73. The SMILES string of the molecule is CCCCS(=O)(=O)N1CCC[C@H]1C(=O)Nc1ccc2ncsc2c1. The molecule has 1 aromatic heterocycles. The molecule has 2 aromatic rings. The molecule has 1 aromatic carbocycles. The second kappa shape index (κ2) is 7.16. The maximum absolute atomic E-state index is 12.6. The maximum Gasteiger partial charge on any atom is 0.242 e. The molecule has 0 bridgehead atoms. The lowest BCUT2D eigenvalue weighted by Gasteiger charge is -2.23. The Morgan fingerprint density at radius 1 is 1.46 bits per heavy atom. The van der Waals surface area contributed by atoms with Gasteiger partial charge in [-0.25, -0.2) is 13.4 Å². The monoisotopic (exact) mass is 367 g/mol. The van der Waals surface area contributed by atoms with Crippen LogP contribution in [-0.4, -0.2) is 42.0 Å². The number of rotatable bonds is 6. The van der Waals surface area contributed by atoms with Crippen molar-refractivity contribution in [3.05, 3.63) is 23.7 Å². The van der Waals surface area contributed by atoms with Crippen molar-refractivity contribution in [1.82, 2.24) is 9.29 Å². The summed E-state index contributed by atoms with van der Waals surface area (Å²) in [5.74, 6) is -0.142.